The fraction of sp³-hybridized carbons (Fsp3) is 0.394. The predicted octanol–water partition coefficient (Wildman–Crippen LogP) is 6.55. The third-order valence-corrected chi connectivity index (χ3v) is 13.3. The molecule has 10 heteroatoms. The van der Waals surface area contributed by atoms with Crippen molar-refractivity contribution in [3.63, 3.8) is 0 Å². The van der Waals surface area contributed by atoms with Gasteiger partial charge in [-0.1, -0.05) is 43.3 Å². The van der Waals surface area contributed by atoms with E-state index in [1.165, 1.54) is 0 Å². The van der Waals surface area contributed by atoms with E-state index in [4.69, 9.17) is 4.74 Å². The first-order valence-corrected chi connectivity index (χ1v) is 19.8. The summed E-state index contributed by atoms with van der Waals surface area (Å²) in [6.45, 7) is 5.83. The van der Waals surface area contributed by atoms with Crippen LogP contribution in [0.1, 0.15) is 35.6 Å². The molecule has 226 valence electrons. The van der Waals surface area contributed by atoms with Crippen molar-refractivity contribution in [1.82, 2.24) is 4.90 Å². The Morgan fingerprint density at radius 3 is 2.42 bits per heavy atom. The van der Waals surface area contributed by atoms with Crippen LogP contribution >= 0.6 is 45.2 Å². The van der Waals surface area contributed by atoms with E-state index in [-0.39, 0.29) is 30.9 Å². The standard InChI is InChI=1S/C33H35FI2N2O4Si/c1-20-31(43(2,3)34)29(16-30(40)37-18-23-7-5-4-6-22(23)14-26(37)19-39)42-33(20)27-15-25(36)12-13-28(27)38(32(33)41)17-21-8-10-24(35)11-9-21/h4-13,15,20,26,29,31,39H,14,16-19H2,1-3H3/t20-,26+,29+,31-,33+/m1/s1. The number of nitrogens with zero attached hydrogens (tertiary/aromatic N) is 2. The first-order chi connectivity index (χ1) is 20.4. The number of ether oxygens (including phenoxy) is 1. The molecule has 0 bridgehead atoms. The van der Waals surface area contributed by atoms with Gasteiger partial charge in [-0.15, -0.1) is 0 Å². The van der Waals surface area contributed by atoms with Gasteiger partial charge in [0.25, 0.3) is 5.91 Å². The molecule has 1 saturated heterocycles. The molecule has 3 aromatic carbocycles. The number of aliphatic hydroxyl groups is 1. The van der Waals surface area contributed by atoms with Crippen molar-refractivity contribution >= 4 is 71.1 Å². The summed E-state index contributed by atoms with van der Waals surface area (Å²) in [6, 6.07) is 21.6. The van der Waals surface area contributed by atoms with E-state index in [2.05, 4.69) is 45.2 Å². The maximum Gasteiger partial charge on any atom is 0.264 e. The van der Waals surface area contributed by atoms with Gasteiger partial charge < -0.3 is 23.8 Å². The highest BCUT2D eigenvalue weighted by atomic mass is 127. The molecule has 0 saturated carbocycles. The number of carbonyl (C=O) groups is 2. The topological polar surface area (TPSA) is 70.1 Å². The van der Waals surface area contributed by atoms with E-state index in [0.717, 1.165) is 35.1 Å². The number of anilines is 1. The molecule has 0 radical (unpaired) electrons. The fourth-order valence-corrected chi connectivity index (χ4v) is 10.8. The second kappa shape index (κ2) is 11.8. The number of carbonyl (C=O) groups excluding carboxylic acids is 2. The minimum Gasteiger partial charge on any atom is -0.394 e. The summed E-state index contributed by atoms with van der Waals surface area (Å²) in [7, 11) is -3.43. The van der Waals surface area contributed by atoms with Crippen LogP contribution in [0.25, 0.3) is 0 Å². The Balaban J connectivity index is 1.35. The summed E-state index contributed by atoms with van der Waals surface area (Å²) in [5.74, 6) is -0.858. The van der Waals surface area contributed by atoms with Gasteiger partial charge in [-0.3, -0.25) is 9.59 Å². The first-order valence-electron chi connectivity index (χ1n) is 14.6. The third kappa shape index (κ3) is 5.48. The molecule has 0 unspecified atom stereocenters. The van der Waals surface area contributed by atoms with Crippen molar-refractivity contribution in [2.45, 2.75) is 69.2 Å². The molecule has 1 spiro atoms. The lowest BCUT2D eigenvalue weighted by Crippen LogP contribution is -2.48. The number of rotatable bonds is 6. The Kier molecular flexibility index (Phi) is 8.55. The van der Waals surface area contributed by atoms with Gasteiger partial charge in [-0.25, -0.2) is 0 Å². The largest absolute Gasteiger partial charge is 0.394 e. The summed E-state index contributed by atoms with van der Waals surface area (Å²) in [5, 5.41) is 10.2. The lowest BCUT2D eigenvalue weighted by molar-refractivity contribution is -0.151. The van der Waals surface area contributed by atoms with Crippen LogP contribution < -0.4 is 4.90 Å². The number of aliphatic hydroxyl groups excluding tert-OH is 1. The summed E-state index contributed by atoms with van der Waals surface area (Å²) in [5.41, 5.74) is 2.74. The molecular weight excluding hydrogens is 789 g/mol. The van der Waals surface area contributed by atoms with E-state index in [1.807, 2.05) is 73.7 Å². The van der Waals surface area contributed by atoms with Crippen LogP contribution in [0.5, 0.6) is 0 Å². The zero-order valence-corrected chi connectivity index (χ0v) is 29.7. The molecule has 6 rings (SSSR count). The highest BCUT2D eigenvalue weighted by molar-refractivity contribution is 14.1. The number of benzene rings is 3. The van der Waals surface area contributed by atoms with Crippen LogP contribution in [0.4, 0.5) is 9.80 Å². The Morgan fingerprint density at radius 1 is 1.07 bits per heavy atom. The maximum atomic E-state index is 16.3. The van der Waals surface area contributed by atoms with Crippen LogP contribution in [0.3, 0.4) is 0 Å². The molecule has 0 aliphatic carbocycles. The molecule has 1 fully saturated rings. The van der Waals surface area contributed by atoms with Gasteiger partial charge in [0.1, 0.15) is 0 Å². The van der Waals surface area contributed by atoms with Gasteiger partial charge in [0, 0.05) is 30.7 Å². The molecule has 6 nitrogen and oxygen atoms in total. The van der Waals surface area contributed by atoms with Gasteiger partial charge >= 0.3 is 0 Å². The molecule has 2 amide bonds. The minimum atomic E-state index is -3.43. The van der Waals surface area contributed by atoms with Crippen LogP contribution in [-0.4, -0.2) is 49.0 Å². The molecule has 1 N–H and O–H groups in total. The highest BCUT2D eigenvalue weighted by Gasteiger charge is 2.67. The van der Waals surface area contributed by atoms with Gasteiger partial charge in [-0.2, -0.15) is 0 Å². The van der Waals surface area contributed by atoms with Crippen LogP contribution in [0.15, 0.2) is 66.7 Å². The molecule has 3 aliphatic rings. The zero-order valence-electron chi connectivity index (χ0n) is 24.4. The maximum absolute atomic E-state index is 16.3. The third-order valence-electron chi connectivity index (χ3n) is 9.44. The van der Waals surface area contributed by atoms with Gasteiger partial charge in [0.2, 0.25) is 14.3 Å². The molecule has 3 aliphatic heterocycles. The predicted molar refractivity (Wildman–Crippen MR) is 184 cm³/mol. The van der Waals surface area contributed by atoms with E-state index >= 15 is 4.11 Å². The number of halogens is 3. The lowest BCUT2D eigenvalue weighted by Gasteiger charge is -2.37. The highest BCUT2D eigenvalue weighted by Crippen LogP contribution is 2.60. The second-order valence-electron chi connectivity index (χ2n) is 12.5. The minimum absolute atomic E-state index is 0.0422. The Morgan fingerprint density at radius 2 is 1.74 bits per heavy atom. The molecule has 43 heavy (non-hydrogen) atoms. The van der Waals surface area contributed by atoms with Gasteiger partial charge in [-0.05, 0) is 112 Å². The van der Waals surface area contributed by atoms with E-state index in [0.29, 0.717) is 19.5 Å². The second-order valence-corrected chi connectivity index (χ2v) is 18.8. The number of hydrogen-bond donors (Lipinski definition) is 1. The summed E-state index contributed by atoms with van der Waals surface area (Å²) >= 11 is 4.50. The zero-order chi connectivity index (χ0) is 30.7. The van der Waals surface area contributed by atoms with Crippen molar-refractivity contribution in [3.8, 4) is 0 Å². The Hall–Kier alpha value is -1.87. The Labute approximate surface area is 280 Å². The van der Waals surface area contributed by atoms with E-state index < -0.39 is 31.6 Å². The summed E-state index contributed by atoms with van der Waals surface area (Å²) in [4.78, 5) is 32.0. The van der Waals surface area contributed by atoms with Crippen LogP contribution in [0.2, 0.25) is 18.6 Å². The van der Waals surface area contributed by atoms with Crippen LogP contribution in [0, 0.1) is 13.1 Å². The monoisotopic (exact) mass is 824 g/mol. The van der Waals surface area contributed by atoms with Crippen molar-refractivity contribution in [3.05, 3.63) is 96.1 Å². The lowest BCUT2D eigenvalue weighted by atomic mass is 9.82. The normalized spacial score (nSPS) is 26.6. The quantitative estimate of drug-likeness (QED) is 0.174. The smallest absolute Gasteiger partial charge is 0.264 e. The average molecular weight is 825 g/mol. The van der Waals surface area contributed by atoms with Crippen LogP contribution in [-0.2, 0) is 39.4 Å². The SMILES string of the molecule is C[C@@H]1[C@@H]([Si](C)(C)F)[C@H](CC(=O)N2Cc3ccccc3C[C@H]2CO)O[C@@]12C(=O)N(Cc1ccc(I)cc1)c1ccc(I)cc12. The van der Waals surface area contributed by atoms with E-state index in [1.54, 1.807) is 22.9 Å². The molecule has 0 aromatic heterocycles. The molecule has 5 atom stereocenters. The molecule has 3 aromatic rings. The summed E-state index contributed by atoms with van der Waals surface area (Å²) < 4.78 is 25.2. The van der Waals surface area contributed by atoms with Crippen molar-refractivity contribution in [2.24, 2.45) is 5.92 Å². The first kappa shape index (κ1) is 31.1. The fourth-order valence-electron chi connectivity index (χ4n) is 7.48. The van der Waals surface area contributed by atoms with Crippen molar-refractivity contribution < 1.29 is 23.5 Å². The van der Waals surface area contributed by atoms with Gasteiger partial charge in [0.15, 0.2) is 5.60 Å². The molecular formula is C33H35FI2N2O4Si. The average Bonchev–Trinajstić information content (AvgIpc) is 3.39. The number of hydrogen-bond acceptors (Lipinski definition) is 4. The Bertz CT molecular complexity index is 1570. The van der Waals surface area contributed by atoms with E-state index in [9.17, 15) is 14.7 Å². The number of fused-ring (bicyclic) bond motifs is 3. The van der Waals surface area contributed by atoms with Crippen molar-refractivity contribution in [1.29, 1.82) is 0 Å². The summed E-state index contributed by atoms with van der Waals surface area (Å²) in [6.07, 6.45) is -0.243. The molecule has 3 heterocycles. The van der Waals surface area contributed by atoms with Crippen molar-refractivity contribution in [2.75, 3.05) is 11.5 Å². The van der Waals surface area contributed by atoms with Gasteiger partial charge in [0.05, 0.1) is 37.4 Å². The number of amides is 2.